The second kappa shape index (κ2) is 11.6. The topological polar surface area (TPSA) is 54.2 Å². The van der Waals surface area contributed by atoms with E-state index in [-0.39, 0.29) is 24.0 Å². The fourth-order valence-electron chi connectivity index (χ4n) is 2.57. The summed E-state index contributed by atoms with van der Waals surface area (Å²) in [7, 11) is 1.82. The van der Waals surface area contributed by atoms with E-state index in [0.717, 1.165) is 49.8 Å². The molecule has 1 aromatic heterocycles. The molecule has 0 aliphatic rings. The zero-order chi connectivity index (χ0) is 16.5. The first-order valence-electron chi connectivity index (χ1n) is 8.11. The SMILES string of the molecule is CN=C(NCCCSC)NCCCn1c(C)nc2ccccc21.I. The summed E-state index contributed by atoms with van der Waals surface area (Å²) in [4.78, 5) is 8.86. The van der Waals surface area contributed by atoms with Gasteiger partial charge in [-0.15, -0.1) is 24.0 Å². The molecular formula is C17H28IN5S. The molecule has 0 bridgehead atoms. The fraction of sp³-hybridized carbons (Fsp3) is 0.529. The van der Waals surface area contributed by atoms with Gasteiger partial charge in [-0.25, -0.2) is 4.98 Å². The molecule has 0 saturated carbocycles. The van der Waals surface area contributed by atoms with Crippen LogP contribution in [-0.2, 0) is 6.54 Å². The summed E-state index contributed by atoms with van der Waals surface area (Å²) in [6, 6.07) is 8.30. The highest BCUT2D eigenvalue weighted by molar-refractivity contribution is 14.0. The van der Waals surface area contributed by atoms with Crippen LogP contribution in [0.3, 0.4) is 0 Å². The molecule has 0 atom stereocenters. The molecule has 0 aliphatic heterocycles. The predicted octanol–water partition coefficient (Wildman–Crippen LogP) is 3.27. The van der Waals surface area contributed by atoms with E-state index in [4.69, 9.17) is 0 Å². The third kappa shape index (κ3) is 6.16. The number of halogens is 1. The minimum atomic E-state index is 0. The average molecular weight is 461 g/mol. The molecule has 7 heteroatoms. The lowest BCUT2D eigenvalue weighted by Gasteiger charge is -2.12. The number of rotatable bonds is 8. The molecule has 0 aliphatic carbocycles. The number of aryl methyl sites for hydroxylation is 2. The van der Waals surface area contributed by atoms with Gasteiger partial charge < -0.3 is 15.2 Å². The van der Waals surface area contributed by atoms with Gasteiger partial charge in [0.2, 0.25) is 0 Å². The number of nitrogens with one attached hydrogen (secondary N) is 2. The van der Waals surface area contributed by atoms with Gasteiger partial charge in [-0.05, 0) is 43.9 Å². The normalized spacial score (nSPS) is 11.4. The summed E-state index contributed by atoms with van der Waals surface area (Å²) in [6.45, 7) is 4.89. The molecule has 1 heterocycles. The van der Waals surface area contributed by atoms with Gasteiger partial charge in [0.05, 0.1) is 11.0 Å². The summed E-state index contributed by atoms with van der Waals surface area (Å²) < 4.78 is 2.28. The maximum absolute atomic E-state index is 4.61. The summed E-state index contributed by atoms with van der Waals surface area (Å²) in [5.41, 5.74) is 2.29. The molecule has 0 unspecified atom stereocenters. The number of imidazole rings is 1. The van der Waals surface area contributed by atoms with E-state index in [2.05, 4.69) is 56.6 Å². The Bertz CT molecular complexity index is 641. The zero-order valence-electron chi connectivity index (χ0n) is 14.7. The quantitative estimate of drug-likeness (QED) is 0.274. The lowest BCUT2D eigenvalue weighted by atomic mass is 10.3. The largest absolute Gasteiger partial charge is 0.356 e. The molecule has 0 fully saturated rings. The van der Waals surface area contributed by atoms with Crippen LogP contribution in [0, 0.1) is 6.92 Å². The third-order valence-corrected chi connectivity index (χ3v) is 4.43. The van der Waals surface area contributed by atoms with Crippen LogP contribution in [0.15, 0.2) is 29.3 Å². The number of guanidine groups is 1. The smallest absolute Gasteiger partial charge is 0.190 e. The summed E-state index contributed by atoms with van der Waals surface area (Å²) in [5.74, 6) is 3.14. The Balaban J connectivity index is 0.00000288. The maximum atomic E-state index is 4.61. The van der Waals surface area contributed by atoms with E-state index in [1.54, 1.807) is 0 Å². The number of aromatic nitrogens is 2. The van der Waals surface area contributed by atoms with Crippen LogP contribution in [0.25, 0.3) is 11.0 Å². The highest BCUT2D eigenvalue weighted by Crippen LogP contribution is 2.15. The van der Waals surface area contributed by atoms with E-state index in [9.17, 15) is 0 Å². The number of hydrogen-bond acceptors (Lipinski definition) is 3. The fourth-order valence-corrected chi connectivity index (χ4v) is 3.00. The van der Waals surface area contributed by atoms with Crippen molar-refractivity contribution in [3.63, 3.8) is 0 Å². The maximum Gasteiger partial charge on any atom is 0.190 e. The van der Waals surface area contributed by atoms with E-state index in [0.29, 0.717) is 0 Å². The molecule has 2 aromatic rings. The van der Waals surface area contributed by atoms with Crippen LogP contribution >= 0.6 is 35.7 Å². The van der Waals surface area contributed by atoms with Crippen LogP contribution in [0.2, 0.25) is 0 Å². The Labute approximate surface area is 166 Å². The Morgan fingerprint density at radius 3 is 2.62 bits per heavy atom. The molecule has 2 rings (SSSR count). The highest BCUT2D eigenvalue weighted by Gasteiger charge is 2.06. The third-order valence-electron chi connectivity index (χ3n) is 3.74. The van der Waals surface area contributed by atoms with E-state index >= 15 is 0 Å². The molecule has 0 spiro atoms. The number of hydrogen-bond donors (Lipinski definition) is 2. The van der Waals surface area contributed by atoms with Crippen molar-refractivity contribution in [1.29, 1.82) is 0 Å². The van der Waals surface area contributed by atoms with Gasteiger partial charge in [-0.2, -0.15) is 11.8 Å². The van der Waals surface area contributed by atoms with Gasteiger partial charge in [-0.3, -0.25) is 4.99 Å². The number of benzene rings is 1. The summed E-state index contributed by atoms with van der Waals surface area (Å²) >= 11 is 1.87. The number of fused-ring (bicyclic) bond motifs is 1. The molecule has 1 aromatic carbocycles. The highest BCUT2D eigenvalue weighted by atomic mass is 127. The predicted molar refractivity (Wildman–Crippen MR) is 117 cm³/mol. The van der Waals surface area contributed by atoms with Gasteiger partial charge in [-0.1, -0.05) is 12.1 Å². The van der Waals surface area contributed by atoms with Gasteiger partial charge in [0.1, 0.15) is 5.82 Å². The van der Waals surface area contributed by atoms with Crippen molar-refractivity contribution in [2.45, 2.75) is 26.3 Å². The van der Waals surface area contributed by atoms with Crippen molar-refractivity contribution in [2.75, 3.05) is 32.1 Å². The van der Waals surface area contributed by atoms with Crippen molar-refractivity contribution < 1.29 is 0 Å². The van der Waals surface area contributed by atoms with Crippen molar-refractivity contribution in [3.05, 3.63) is 30.1 Å². The molecule has 0 radical (unpaired) electrons. The summed E-state index contributed by atoms with van der Waals surface area (Å²) in [5, 5.41) is 6.72. The molecule has 0 amide bonds. The van der Waals surface area contributed by atoms with Crippen LogP contribution in [0.5, 0.6) is 0 Å². The van der Waals surface area contributed by atoms with E-state index in [1.165, 1.54) is 11.3 Å². The van der Waals surface area contributed by atoms with E-state index < -0.39 is 0 Å². The van der Waals surface area contributed by atoms with Gasteiger partial charge >= 0.3 is 0 Å². The Hall–Kier alpha value is -0.960. The minimum absolute atomic E-state index is 0. The number of thioether (sulfide) groups is 1. The van der Waals surface area contributed by atoms with Crippen molar-refractivity contribution in [3.8, 4) is 0 Å². The standard InChI is InChI=1S/C17H27N5S.HI/c1-14-21-15-8-4-5-9-16(15)22(14)12-6-10-19-17(18-2)20-11-7-13-23-3;/h4-5,8-9H,6-7,10-13H2,1-3H3,(H2,18,19,20);1H. The second-order valence-corrected chi connectivity index (χ2v) is 6.41. The number of para-hydroxylation sites is 2. The van der Waals surface area contributed by atoms with Crippen LogP contribution in [0.1, 0.15) is 18.7 Å². The Morgan fingerprint density at radius 2 is 1.92 bits per heavy atom. The van der Waals surface area contributed by atoms with E-state index in [1.807, 2.05) is 24.9 Å². The van der Waals surface area contributed by atoms with Crippen LogP contribution < -0.4 is 10.6 Å². The lowest BCUT2D eigenvalue weighted by Crippen LogP contribution is -2.38. The lowest BCUT2D eigenvalue weighted by molar-refractivity contribution is 0.624. The Kier molecular flexibility index (Phi) is 10.2. The summed E-state index contributed by atoms with van der Waals surface area (Å²) in [6.07, 6.45) is 4.32. The van der Waals surface area contributed by atoms with Crippen molar-refractivity contribution in [1.82, 2.24) is 20.2 Å². The van der Waals surface area contributed by atoms with Gasteiger partial charge in [0.25, 0.3) is 0 Å². The van der Waals surface area contributed by atoms with Gasteiger partial charge in [0.15, 0.2) is 5.96 Å². The van der Waals surface area contributed by atoms with Crippen molar-refractivity contribution >= 4 is 52.7 Å². The van der Waals surface area contributed by atoms with Crippen molar-refractivity contribution in [2.24, 2.45) is 4.99 Å². The first-order valence-corrected chi connectivity index (χ1v) is 9.51. The molecule has 5 nitrogen and oxygen atoms in total. The number of aliphatic imine (C=N–C) groups is 1. The zero-order valence-corrected chi connectivity index (χ0v) is 17.9. The molecule has 24 heavy (non-hydrogen) atoms. The first kappa shape index (κ1) is 21.1. The first-order chi connectivity index (χ1) is 11.3. The molecule has 134 valence electrons. The average Bonchev–Trinajstić information content (AvgIpc) is 2.89. The Morgan fingerprint density at radius 1 is 1.21 bits per heavy atom. The minimum Gasteiger partial charge on any atom is -0.356 e. The van der Waals surface area contributed by atoms with Crippen LogP contribution in [0.4, 0.5) is 0 Å². The number of nitrogens with zero attached hydrogens (tertiary/aromatic N) is 3. The molecule has 2 N–H and O–H groups in total. The monoisotopic (exact) mass is 461 g/mol. The second-order valence-electron chi connectivity index (χ2n) is 5.43. The molecule has 0 saturated heterocycles. The molecular weight excluding hydrogens is 433 g/mol. The van der Waals surface area contributed by atoms with Gasteiger partial charge in [0, 0.05) is 26.7 Å². The van der Waals surface area contributed by atoms with Crippen LogP contribution in [-0.4, -0.2) is 47.7 Å².